The topological polar surface area (TPSA) is 52.2 Å². The summed E-state index contributed by atoms with van der Waals surface area (Å²) in [6.07, 6.45) is -1.23. The monoisotopic (exact) mass is 192 g/mol. The van der Waals surface area contributed by atoms with E-state index in [4.69, 9.17) is 0 Å². The standard InChI is InChI=1S/C11H15NO2/c1-7-4-5-10(6-12-11(13)14)9(3)8(7)2/h4-5,12H,6H2,1-3H3,(H,13,14)/p-1. The van der Waals surface area contributed by atoms with Crippen molar-refractivity contribution in [3.63, 3.8) is 0 Å². The molecule has 0 aromatic heterocycles. The lowest BCUT2D eigenvalue weighted by Crippen LogP contribution is -2.36. The van der Waals surface area contributed by atoms with E-state index in [-0.39, 0.29) is 0 Å². The van der Waals surface area contributed by atoms with Gasteiger partial charge in [0.25, 0.3) is 0 Å². The number of nitrogens with one attached hydrogen (secondary N) is 1. The van der Waals surface area contributed by atoms with Crippen molar-refractivity contribution in [3.05, 3.63) is 34.4 Å². The molecule has 0 saturated heterocycles. The van der Waals surface area contributed by atoms with Crippen LogP contribution in [-0.4, -0.2) is 6.09 Å². The number of hydrogen-bond donors (Lipinski definition) is 1. The molecule has 76 valence electrons. The van der Waals surface area contributed by atoms with Crippen LogP contribution in [0.4, 0.5) is 4.79 Å². The highest BCUT2D eigenvalue weighted by Gasteiger charge is 2.02. The van der Waals surface area contributed by atoms with E-state index in [1.807, 2.05) is 32.9 Å². The lowest BCUT2D eigenvalue weighted by atomic mass is 9.99. The number of carboxylic acid groups (broad SMARTS) is 1. The van der Waals surface area contributed by atoms with Gasteiger partial charge in [-0.2, -0.15) is 0 Å². The second-order valence-electron chi connectivity index (χ2n) is 3.43. The summed E-state index contributed by atoms with van der Waals surface area (Å²) < 4.78 is 0. The third-order valence-electron chi connectivity index (χ3n) is 2.59. The van der Waals surface area contributed by atoms with Crippen LogP contribution >= 0.6 is 0 Å². The molecular weight excluding hydrogens is 178 g/mol. The van der Waals surface area contributed by atoms with Crippen molar-refractivity contribution in [2.75, 3.05) is 0 Å². The summed E-state index contributed by atoms with van der Waals surface area (Å²) >= 11 is 0. The van der Waals surface area contributed by atoms with Crippen LogP contribution in [0.3, 0.4) is 0 Å². The summed E-state index contributed by atoms with van der Waals surface area (Å²) in [4.78, 5) is 10.2. The molecule has 3 heteroatoms. The molecule has 0 spiro atoms. The molecule has 0 atom stereocenters. The first-order valence-electron chi connectivity index (χ1n) is 4.53. The van der Waals surface area contributed by atoms with Gasteiger partial charge in [0.15, 0.2) is 0 Å². The van der Waals surface area contributed by atoms with E-state index in [9.17, 15) is 9.90 Å². The maximum absolute atomic E-state index is 10.2. The van der Waals surface area contributed by atoms with Crippen LogP contribution in [0.2, 0.25) is 0 Å². The van der Waals surface area contributed by atoms with Gasteiger partial charge in [-0.3, -0.25) is 0 Å². The second-order valence-corrected chi connectivity index (χ2v) is 3.43. The third-order valence-corrected chi connectivity index (χ3v) is 2.59. The van der Waals surface area contributed by atoms with Crippen LogP contribution in [0.5, 0.6) is 0 Å². The molecule has 0 aliphatic heterocycles. The van der Waals surface area contributed by atoms with E-state index in [1.54, 1.807) is 0 Å². The average Bonchev–Trinajstić information content (AvgIpc) is 2.13. The average molecular weight is 192 g/mol. The van der Waals surface area contributed by atoms with Crippen LogP contribution in [0.25, 0.3) is 0 Å². The Bertz CT molecular complexity index is 359. The summed E-state index contributed by atoms with van der Waals surface area (Å²) in [5.41, 5.74) is 4.57. The van der Waals surface area contributed by atoms with Gasteiger partial charge in [0.1, 0.15) is 6.09 Å². The molecular formula is C11H14NO2-. The molecule has 0 fully saturated rings. The molecule has 0 heterocycles. The van der Waals surface area contributed by atoms with Gasteiger partial charge in [-0.1, -0.05) is 12.1 Å². The first-order valence-corrected chi connectivity index (χ1v) is 4.53. The largest absolute Gasteiger partial charge is 0.530 e. The Balaban J connectivity index is 2.88. The predicted octanol–water partition coefficient (Wildman–Crippen LogP) is 1.04. The number of rotatable bonds is 2. The summed E-state index contributed by atoms with van der Waals surface area (Å²) in [7, 11) is 0. The van der Waals surface area contributed by atoms with Gasteiger partial charge >= 0.3 is 0 Å². The molecule has 0 saturated carbocycles. The summed E-state index contributed by atoms with van der Waals surface area (Å²) in [6, 6.07) is 3.93. The molecule has 3 nitrogen and oxygen atoms in total. The molecule has 0 aliphatic carbocycles. The predicted molar refractivity (Wildman–Crippen MR) is 52.9 cm³/mol. The summed E-state index contributed by atoms with van der Waals surface area (Å²) in [6.45, 7) is 6.38. The quantitative estimate of drug-likeness (QED) is 0.761. The molecule has 1 N–H and O–H groups in total. The normalized spacial score (nSPS) is 9.93. The second kappa shape index (κ2) is 4.13. The molecule has 0 aliphatic rings. The van der Waals surface area contributed by atoms with Crippen LogP contribution in [0, 0.1) is 20.8 Å². The van der Waals surface area contributed by atoms with Crippen molar-refractivity contribution in [2.24, 2.45) is 0 Å². The first kappa shape index (κ1) is 10.6. The van der Waals surface area contributed by atoms with Gasteiger partial charge < -0.3 is 15.2 Å². The van der Waals surface area contributed by atoms with Crippen molar-refractivity contribution in [1.82, 2.24) is 5.32 Å². The van der Waals surface area contributed by atoms with Gasteiger partial charge in [-0.25, -0.2) is 0 Å². The van der Waals surface area contributed by atoms with Gasteiger partial charge in [0.2, 0.25) is 0 Å². The molecule has 1 amide bonds. The molecule has 1 aromatic rings. The zero-order valence-electron chi connectivity index (χ0n) is 8.68. The number of benzene rings is 1. The summed E-state index contributed by atoms with van der Waals surface area (Å²) in [5.74, 6) is 0. The van der Waals surface area contributed by atoms with Gasteiger partial charge in [0, 0.05) is 6.54 Å². The molecule has 0 bridgehead atoms. The number of carbonyl (C=O) groups is 1. The van der Waals surface area contributed by atoms with Crippen molar-refractivity contribution in [1.29, 1.82) is 0 Å². The Labute approximate surface area is 83.8 Å². The van der Waals surface area contributed by atoms with E-state index >= 15 is 0 Å². The van der Waals surface area contributed by atoms with E-state index in [0.717, 1.165) is 11.1 Å². The van der Waals surface area contributed by atoms with E-state index < -0.39 is 6.09 Å². The fraction of sp³-hybridized carbons (Fsp3) is 0.364. The first-order chi connectivity index (χ1) is 6.52. The zero-order chi connectivity index (χ0) is 10.7. The van der Waals surface area contributed by atoms with E-state index in [1.165, 1.54) is 11.1 Å². The number of hydrogen-bond acceptors (Lipinski definition) is 2. The molecule has 1 aromatic carbocycles. The number of amides is 1. The van der Waals surface area contributed by atoms with Crippen molar-refractivity contribution in [2.45, 2.75) is 27.3 Å². The molecule has 1 rings (SSSR count). The SMILES string of the molecule is Cc1ccc(CNC(=O)[O-])c(C)c1C. The molecule has 0 unspecified atom stereocenters. The minimum absolute atomic E-state index is 0.315. The van der Waals surface area contributed by atoms with Crippen molar-refractivity contribution >= 4 is 6.09 Å². The van der Waals surface area contributed by atoms with Crippen LogP contribution in [0.1, 0.15) is 22.3 Å². The van der Waals surface area contributed by atoms with Gasteiger partial charge in [-0.05, 0) is 43.0 Å². The maximum atomic E-state index is 10.2. The lowest BCUT2D eigenvalue weighted by molar-refractivity contribution is -0.251. The highest BCUT2D eigenvalue weighted by atomic mass is 16.4. The minimum Gasteiger partial charge on any atom is -0.530 e. The highest BCUT2D eigenvalue weighted by molar-refractivity contribution is 5.62. The summed E-state index contributed by atoms with van der Waals surface area (Å²) in [5, 5.41) is 12.5. The smallest absolute Gasteiger partial charge is 0.134 e. The zero-order valence-corrected chi connectivity index (χ0v) is 8.68. The van der Waals surface area contributed by atoms with Crippen LogP contribution in [-0.2, 0) is 6.54 Å². The highest BCUT2D eigenvalue weighted by Crippen LogP contribution is 2.16. The van der Waals surface area contributed by atoms with E-state index in [0.29, 0.717) is 6.54 Å². The number of aryl methyl sites for hydroxylation is 1. The van der Waals surface area contributed by atoms with Crippen molar-refractivity contribution < 1.29 is 9.90 Å². The van der Waals surface area contributed by atoms with Crippen molar-refractivity contribution in [3.8, 4) is 0 Å². The maximum Gasteiger partial charge on any atom is 0.134 e. The molecule has 14 heavy (non-hydrogen) atoms. The Morgan fingerprint density at radius 2 is 1.93 bits per heavy atom. The van der Waals surface area contributed by atoms with Gasteiger partial charge in [-0.15, -0.1) is 0 Å². The van der Waals surface area contributed by atoms with Gasteiger partial charge in [0.05, 0.1) is 0 Å². The Morgan fingerprint density at radius 3 is 2.50 bits per heavy atom. The fourth-order valence-electron chi connectivity index (χ4n) is 1.37. The Morgan fingerprint density at radius 1 is 1.29 bits per heavy atom. The Hall–Kier alpha value is -1.51. The Kier molecular flexibility index (Phi) is 3.12. The number of carbonyl (C=O) groups excluding carboxylic acids is 1. The molecule has 0 radical (unpaired) electrons. The fourth-order valence-corrected chi connectivity index (χ4v) is 1.37. The van der Waals surface area contributed by atoms with Crippen LogP contribution < -0.4 is 10.4 Å². The van der Waals surface area contributed by atoms with Crippen LogP contribution in [0.15, 0.2) is 12.1 Å². The third kappa shape index (κ3) is 2.25. The van der Waals surface area contributed by atoms with E-state index in [2.05, 4.69) is 5.32 Å². The lowest BCUT2D eigenvalue weighted by Gasteiger charge is -2.12. The minimum atomic E-state index is -1.23.